The van der Waals surface area contributed by atoms with Gasteiger partial charge in [-0.2, -0.15) is 0 Å². The highest BCUT2D eigenvalue weighted by atomic mass is 35.5. The number of fused-ring (bicyclic) bond motifs is 14. The highest BCUT2D eigenvalue weighted by Crippen LogP contribution is 2.47. The largest absolute Gasteiger partial charge is 0.385 e. The van der Waals surface area contributed by atoms with E-state index in [0.29, 0.717) is 48.7 Å². The van der Waals surface area contributed by atoms with Crippen molar-refractivity contribution >= 4 is 56.9 Å². The topological polar surface area (TPSA) is 173 Å². The Labute approximate surface area is 712 Å². The van der Waals surface area contributed by atoms with Crippen LogP contribution in [0.1, 0.15) is 114 Å². The van der Waals surface area contributed by atoms with E-state index in [-0.39, 0.29) is 5.92 Å². The van der Waals surface area contributed by atoms with E-state index in [4.69, 9.17) is 41.0 Å². The van der Waals surface area contributed by atoms with Gasteiger partial charge in [0.2, 0.25) is 23.8 Å². The monoisotopic (exact) mass is 1610 g/mol. The van der Waals surface area contributed by atoms with E-state index in [0.717, 1.165) is 125 Å². The molecule has 5 aliphatic rings. The van der Waals surface area contributed by atoms with E-state index in [2.05, 4.69) is 331 Å². The van der Waals surface area contributed by atoms with Gasteiger partial charge in [0.1, 0.15) is 0 Å². The van der Waals surface area contributed by atoms with Crippen molar-refractivity contribution in [1.82, 2.24) is 44.8 Å². The molecule has 0 spiro atoms. The van der Waals surface area contributed by atoms with Gasteiger partial charge in [-0.1, -0.05) is 297 Å². The molecular formula is C105H96ClN13O2. The van der Waals surface area contributed by atoms with E-state index >= 15 is 0 Å². The Kier molecular flexibility index (Phi) is 24.7. The molecule has 0 amide bonds. The molecule has 1 fully saturated rings. The molecule has 1 aliphatic heterocycles. The van der Waals surface area contributed by atoms with Crippen LogP contribution < -0.4 is 21.3 Å². The van der Waals surface area contributed by atoms with Gasteiger partial charge in [-0.05, 0) is 157 Å². The summed E-state index contributed by atoms with van der Waals surface area (Å²) in [6.45, 7) is 8.65. The van der Waals surface area contributed by atoms with Crippen LogP contribution in [0.4, 0.5) is 23.8 Å². The number of morpholine rings is 1. The number of halogens is 1. The van der Waals surface area contributed by atoms with Gasteiger partial charge in [0.15, 0.2) is 0 Å². The predicted molar refractivity (Wildman–Crippen MR) is 491 cm³/mol. The number of nitrogens with one attached hydrogen (secondary N) is 4. The Morgan fingerprint density at radius 1 is 0.347 bits per heavy atom. The van der Waals surface area contributed by atoms with Crippen molar-refractivity contribution in [2.45, 2.75) is 75.3 Å². The van der Waals surface area contributed by atoms with Crippen molar-refractivity contribution in [3.8, 4) is 45.0 Å². The summed E-state index contributed by atoms with van der Waals surface area (Å²) in [5.41, 5.74) is 26.9. The Morgan fingerprint density at radius 3 is 1.05 bits per heavy atom. The molecule has 15 nitrogen and oxygen atoms in total. The normalized spacial score (nSPS) is 15.7. The highest BCUT2D eigenvalue weighted by molar-refractivity contribution is 6.30. The lowest BCUT2D eigenvalue weighted by atomic mass is 9.78. The lowest BCUT2D eigenvalue weighted by Gasteiger charge is -2.27. The molecule has 600 valence electrons. The SMILES string of the molecule is COCCCNc1ncc2c(n1)-c1ccccc1C(c1ccccc1)C2.Clc1ccc(C2Cc3cnc(NCc4cccc5ccccc45)nc3-c3ccccc32)cc1.c1ccc(C2Cc3cnc(NCCCN4CCOCC4)nc3-c3ccccc32)cc1.c1ccc(C2Cc3cnc(NCc4cccc5ccccc45)nc3-c3ccccc32)cc1. The van der Waals surface area contributed by atoms with Crippen LogP contribution in [-0.4, -0.2) is 104 Å². The van der Waals surface area contributed by atoms with Gasteiger partial charge in [-0.15, -0.1) is 0 Å². The molecule has 4 aliphatic carbocycles. The first-order valence-electron chi connectivity index (χ1n) is 42.3. The molecule has 121 heavy (non-hydrogen) atoms. The fourth-order valence-corrected chi connectivity index (χ4v) is 17.9. The zero-order valence-corrected chi connectivity index (χ0v) is 68.7. The quantitative estimate of drug-likeness (QED) is 0.0531. The molecule has 4 aromatic heterocycles. The number of aromatic nitrogens is 8. The standard InChI is InChI=1S/C29H22ClN3.C29H23N3.C25H28N4O.C22H23N3O/c30-23-14-12-20(13-15-23)27-16-22-18-32-29(33-28(22)26-11-4-3-10-25(26)27)31-17-21-8-5-7-19-6-1-2-9-24(19)21;1-2-9-21(10-3-1)27-17-23-19-31-29(32-28(23)26-16-7-6-15-25(26)27)30-18-22-13-8-12-20-11-4-5-14-24(20)22;1-2-7-19(8-3-1)23-17-20-18-27-25(26-11-6-12-29-13-15-30-16-14-29)28-24(20)22-10-5-4-9-21(22)23;1-26-13-7-12-23-22-24-15-17-14-20(16-8-3-2-4-9-16)18-10-5-6-11-19(18)21(17)25-22/h1-15,18,27H,16-17H2,(H,31,32,33);1-16,19,27H,17-18H2,(H,30,31,32);1-5,7-10,18,23H,6,11-17H2,(H,26,27,28);2-6,8-11,15,20H,7,12-14H2,1H3,(H,23,24,25). The maximum absolute atomic E-state index is 6.13. The summed E-state index contributed by atoms with van der Waals surface area (Å²) >= 11 is 6.13. The lowest BCUT2D eigenvalue weighted by molar-refractivity contribution is 0.0378. The molecule has 12 aromatic carbocycles. The Hall–Kier alpha value is -13.2. The van der Waals surface area contributed by atoms with Crippen LogP contribution in [0.5, 0.6) is 0 Å². The summed E-state index contributed by atoms with van der Waals surface area (Å²) in [6.07, 6.45) is 13.6. The Balaban J connectivity index is 0.000000111. The molecule has 5 heterocycles. The van der Waals surface area contributed by atoms with E-state index in [1.54, 1.807) is 7.11 Å². The van der Waals surface area contributed by atoms with Gasteiger partial charge in [-0.3, -0.25) is 4.90 Å². The first-order chi connectivity index (χ1) is 59.9. The van der Waals surface area contributed by atoms with Gasteiger partial charge in [0.05, 0.1) is 36.0 Å². The fourth-order valence-electron chi connectivity index (χ4n) is 17.8. The zero-order chi connectivity index (χ0) is 81.5. The van der Waals surface area contributed by atoms with Gasteiger partial charge in [0, 0.05) is 129 Å². The number of nitrogens with zero attached hydrogens (tertiary/aromatic N) is 9. The summed E-state index contributed by atoms with van der Waals surface area (Å²) in [5.74, 6) is 4.04. The molecule has 16 aromatic rings. The smallest absolute Gasteiger partial charge is 0.223 e. The number of rotatable bonds is 20. The average molecular weight is 1610 g/mol. The number of anilines is 4. The summed E-state index contributed by atoms with van der Waals surface area (Å²) in [6, 6.07) is 105. The summed E-state index contributed by atoms with van der Waals surface area (Å²) < 4.78 is 10.5. The molecule has 0 saturated carbocycles. The lowest BCUT2D eigenvalue weighted by Crippen LogP contribution is -2.37. The van der Waals surface area contributed by atoms with Crippen LogP contribution >= 0.6 is 11.6 Å². The molecular weight excluding hydrogens is 1510 g/mol. The second-order valence-corrected chi connectivity index (χ2v) is 31.9. The second-order valence-electron chi connectivity index (χ2n) is 31.4. The first-order valence-corrected chi connectivity index (χ1v) is 42.6. The van der Waals surface area contributed by atoms with Crippen LogP contribution in [0, 0.1) is 0 Å². The third kappa shape index (κ3) is 18.2. The maximum atomic E-state index is 6.13. The first kappa shape index (κ1) is 79.0. The van der Waals surface area contributed by atoms with Crippen molar-refractivity contribution in [2.75, 3.05) is 80.9 Å². The van der Waals surface area contributed by atoms with E-state index in [9.17, 15) is 0 Å². The number of benzene rings is 12. The minimum Gasteiger partial charge on any atom is -0.385 e. The summed E-state index contributed by atoms with van der Waals surface area (Å²) in [4.78, 5) is 40.6. The van der Waals surface area contributed by atoms with Crippen LogP contribution in [0.15, 0.2) is 322 Å². The van der Waals surface area contributed by atoms with Crippen molar-refractivity contribution in [1.29, 1.82) is 0 Å². The summed E-state index contributed by atoms with van der Waals surface area (Å²) in [7, 11) is 1.72. The summed E-state index contributed by atoms with van der Waals surface area (Å²) in [5, 5.41) is 19.4. The third-order valence-electron chi connectivity index (χ3n) is 23.9. The average Bonchev–Trinajstić information content (AvgIpc) is 0.776. The number of hydrogen-bond acceptors (Lipinski definition) is 15. The maximum Gasteiger partial charge on any atom is 0.223 e. The van der Waals surface area contributed by atoms with Crippen LogP contribution in [0.3, 0.4) is 0 Å². The van der Waals surface area contributed by atoms with Crippen LogP contribution in [0.2, 0.25) is 5.02 Å². The molecule has 4 N–H and O–H groups in total. The van der Waals surface area contributed by atoms with Gasteiger partial charge in [-0.25, -0.2) is 39.9 Å². The van der Waals surface area contributed by atoms with Crippen molar-refractivity contribution < 1.29 is 9.47 Å². The molecule has 0 bridgehead atoms. The van der Waals surface area contributed by atoms with Crippen molar-refractivity contribution in [2.24, 2.45) is 0 Å². The van der Waals surface area contributed by atoms with Gasteiger partial charge in [0.25, 0.3) is 0 Å². The second kappa shape index (κ2) is 37.8. The fraction of sp³-hybridized carbons (Fsp3) is 0.200. The zero-order valence-electron chi connectivity index (χ0n) is 67.9. The van der Waals surface area contributed by atoms with E-state index in [1.165, 1.54) is 122 Å². The predicted octanol–water partition coefficient (Wildman–Crippen LogP) is 22.1. The third-order valence-corrected chi connectivity index (χ3v) is 24.1. The van der Waals surface area contributed by atoms with E-state index in [1.807, 2.05) is 36.9 Å². The van der Waals surface area contributed by atoms with Crippen LogP contribution in [-0.2, 0) is 48.2 Å². The highest BCUT2D eigenvalue weighted by Gasteiger charge is 2.32. The number of methoxy groups -OCH3 is 1. The minimum atomic E-state index is 0.268. The van der Waals surface area contributed by atoms with E-state index < -0.39 is 0 Å². The Bertz CT molecular complexity index is 6220. The van der Waals surface area contributed by atoms with Crippen LogP contribution in [0.25, 0.3) is 66.6 Å². The number of hydrogen-bond donors (Lipinski definition) is 4. The van der Waals surface area contributed by atoms with Crippen molar-refractivity contribution in [3.05, 3.63) is 405 Å². The molecule has 16 heteroatoms. The molecule has 4 atom stereocenters. The molecule has 1 saturated heterocycles. The Morgan fingerprint density at radius 2 is 0.669 bits per heavy atom. The van der Waals surface area contributed by atoms with Crippen molar-refractivity contribution in [3.63, 3.8) is 0 Å². The molecule has 21 rings (SSSR count). The van der Waals surface area contributed by atoms with Gasteiger partial charge < -0.3 is 30.7 Å². The minimum absolute atomic E-state index is 0.268. The molecule has 4 unspecified atom stereocenters. The molecule has 0 radical (unpaired) electrons. The van der Waals surface area contributed by atoms with Gasteiger partial charge >= 0.3 is 0 Å². The number of ether oxygens (including phenoxy) is 2.